The van der Waals surface area contributed by atoms with Crippen molar-refractivity contribution in [2.75, 3.05) is 5.73 Å². The van der Waals surface area contributed by atoms with Crippen LogP contribution >= 0.6 is 0 Å². The van der Waals surface area contributed by atoms with Gasteiger partial charge in [-0.3, -0.25) is 0 Å². The number of anilines is 1. The van der Waals surface area contributed by atoms with Crippen molar-refractivity contribution in [1.29, 1.82) is 0 Å². The molecule has 1 aromatic rings. The number of nitrogen functional groups attached to an aromatic ring is 1. The Morgan fingerprint density at radius 1 is 1.40 bits per heavy atom. The average Bonchev–Trinajstić information content (AvgIpc) is 2.68. The van der Waals surface area contributed by atoms with Crippen LogP contribution in [0.5, 0.6) is 0 Å². The zero-order chi connectivity index (χ0) is 6.97. The average molecular weight is 134 g/mol. The number of nitrogens with two attached hydrogens (primary N) is 1. The summed E-state index contributed by atoms with van der Waals surface area (Å²) in [4.78, 5) is 4.21. The highest BCUT2D eigenvalue weighted by Gasteiger charge is 2.24. The third-order valence-corrected chi connectivity index (χ3v) is 1.79. The van der Waals surface area contributed by atoms with Crippen molar-refractivity contribution in [1.82, 2.24) is 4.98 Å². The molecule has 0 bridgehead atoms. The van der Waals surface area contributed by atoms with E-state index in [4.69, 9.17) is 5.73 Å². The Labute approximate surface area is 60.1 Å². The molecule has 0 atom stereocenters. The van der Waals surface area contributed by atoms with Crippen molar-refractivity contribution in [3.05, 3.63) is 23.9 Å². The first-order valence-corrected chi connectivity index (χ1v) is 3.59. The van der Waals surface area contributed by atoms with Gasteiger partial charge in [-0.05, 0) is 25.0 Å². The quantitative estimate of drug-likeness (QED) is 0.632. The molecule has 0 saturated heterocycles. The Hall–Kier alpha value is -1.05. The van der Waals surface area contributed by atoms with Gasteiger partial charge in [0.15, 0.2) is 0 Å². The summed E-state index contributed by atoms with van der Waals surface area (Å²) >= 11 is 0. The van der Waals surface area contributed by atoms with E-state index in [1.54, 1.807) is 0 Å². The van der Waals surface area contributed by atoms with Gasteiger partial charge in [-0.25, -0.2) is 4.98 Å². The van der Waals surface area contributed by atoms with E-state index in [-0.39, 0.29) is 0 Å². The van der Waals surface area contributed by atoms with E-state index in [1.807, 2.05) is 18.2 Å². The molecule has 1 fully saturated rings. The molecule has 52 valence electrons. The monoisotopic (exact) mass is 134 g/mol. The highest BCUT2D eigenvalue weighted by atomic mass is 14.8. The van der Waals surface area contributed by atoms with Gasteiger partial charge in [0.05, 0.1) is 0 Å². The number of pyridine rings is 1. The molecule has 2 rings (SSSR count). The van der Waals surface area contributed by atoms with Crippen LogP contribution < -0.4 is 5.73 Å². The lowest BCUT2D eigenvalue weighted by atomic mass is 10.2. The minimum Gasteiger partial charge on any atom is -0.384 e. The molecule has 1 aromatic heterocycles. The molecule has 1 heterocycles. The molecule has 2 N–H and O–H groups in total. The van der Waals surface area contributed by atoms with Gasteiger partial charge in [-0.1, -0.05) is 6.07 Å². The minimum absolute atomic E-state index is 0.643. The van der Waals surface area contributed by atoms with Gasteiger partial charge in [0, 0.05) is 11.6 Å². The second-order valence-electron chi connectivity index (χ2n) is 2.76. The molecule has 1 aliphatic rings. The van der Waals surface area contributed by atoms with Gasteiger partial charge in [-0.15, -0.1) is 0 Å². The minimum atomic E-state index is 0.643. The van der Waals surface area contributed by atoms with Crippen LogP contribution in [0.15, 0.2) is 18.2 Å². The number of hydrogen-bond acceptors (Lipinski definition) is 2. The Morgan fingerprint density at radius 2 is 2.20 bits per heavy atom. The van der Waals surface area contributed by atoms with Gasteiger partial charge < -0.3 is 5.73 Å². The summed E-state index contributed by atoms with van der Waals surface area (Å²) in [5.74, 6) is 1.35. The Balaban J connectivity index is 2.32. The number of rotatable bonds is 1. The smallest absolute Gasteiger partial charge is 0.123 e. The Bertz CT molecular complexity index is 241. The van der Waals surface area contributed by atoms with Gasteiger partial charge in [0.25, 0.3) is 0 Å². The van der Waals surface area contributed by atoms with E-state index in [0.717, 1.165) is 0 Å². The fourth-order valence-corrected chi connectivity index (χ4v) is 1.08. The van der Waals surface area contributed by atoms with Gasteiger partial charge >= 0.3 is 0 Å². The van der Waals surface area contributed by atoms with Crippen molar-refractivity contribution in [2.24, 2.45) is 0 Å². The summed E-state index contributed by atoms with van der Waals surface area (Å²) in [5.41, 5.74) is 6.68. The largest absolute Gasteiger partial charge is 0.384 e. The molecular formula is C8H10N2. The standard InChI is InChI=1S/C8H10N2/c9-8-3-1-2-7(10-8)6-4-5-6/h1-3,6H,4-5H2,(H2,9,10). The Kier molecular flexibility index (Phi) is 1.13. The lowest BCUT2D eigenvalue weighted by Gasteiger charge is -1.96. The molecule has 10 heavy (non-hydrogen) atoms. The second kappa shape index (κ2) is 1.97. The van der Waals surface area contributed by atoms with Crippen LogP contribution in [0.2, 0.25) is 0 Å². The molecule has 0 aromatic carbocycles. The molecule has 2 heteroatoms. The molecular weight excluding hydrogens is 124 g/mol. The number of aromatic nitrogens is 1. The molecule has 0 spiro atoms. The van der Waals surface area contributed by atoms with Gasteiger partial charge in [0.1, 0.15) is 5.82 Å². The van der Waals surface area contributed by atoms with E-state index in [9.17, 15) is 0 Å². The maximum absolute atomic E-state index is 5.51. The van der Waals surface area contributed by atoms with Crippen LogP contribution in [-0.2, 0) is 0 Å². The summed E-state index contributed by atoms with van der Waals surface area (Å²) < 4.78 is 0. The molecule has 0 unspecified atom stereocenters. The lowest BCUT2D eigenvalue weighted by molar-refractivity contribution is 1.03. The number of nitrogens with zero attached hydrogens (tertiary/aromatic N) is 1. The molecule has 0 aliphatic heterocycles. The molecule has 1 saturated carbocycles. The fourth-order valence-electron chi connectivity index (χ4n) is 1.08. The predicted octanol–water partition coefficient (Wildman–Crippen LogP) is 1.54. The van der Waals surface area contributed by atoms with Crippen LogP contribution in [0.3, 0.4) is 0 Å². The third-order valence-electron chi connectivity index (χ3n) is 1.79. The molecule has 2 nitrogen and oxygen atoms in total. The zero-order valence-corrected chi connectivity index (χ0v) is 5.75. The summed E-state index contributed by atoms with van der Waals surface area (Å²) in [6.07, 6.45) is 2.58. The van der Waals surface area contributed by atoms with Crippen LogP contribution in [0.25, 0.3) is 0 Å². The predicted molar refractivity (Wildman–Crippen MR) is 40.6 cm³/mol. The molecule has 1 aliphatic carbocycles. The van der Waals surface area contributed by atoms with E-state index in [0.29, 0.717) is 11.7 Å². The lowest BCUT2D eigenvalue weighted by Crippen LogP contribution is -1.92. The highest BCUT2D eigenvalue weighted by molar-refractivity contribution is 5.31. The SMILES string of the molecule is Nc1cccc(C2CC2)n1. The van der Waals surface area contributed by atoms with Gasteiger partial charge in [0.2, 0.25) is 0 Å². The summed E-state index contributed by atoms with van der Waals surface area (Å²) in [7, 11) is 0. The van der Waals surface area contributed by atoms with E-state index in [2.05, 4.69) is 4.98 Å². The summed E-state index contributed by atoms with van der Waals surface area (Å²) in [6.45, 7) is 0. The zero-order valence-electron chi connectivity index (χ0n) is 5.75. The van der Waals surface area contributed by atoms with Crippen molar-refractivity contribution < 1.29 is 0 Å². The maximum atomic E-state index is 5.51. The Morgan fingerprint density at radius 3 is 2.80 bits per heavy atom. The van der Waals surface area contributed by atoms with Crippen molar-refractivity contribution in [3.63, 3.8) is 0 Å². The van der Waals surface area contributed by atoms with Crippen LogP contribution in [0.4, 0.5) is 5.82 Å². The fraction of sp³-hybridized carbons (Fsp3) is 0.375. The molecule has 0 amide bonds. The third kappa shape index (κ3) is 0.967. The van der Waals surface area contributed by atoms with Crippen molar-refractivity contribution in [3.8, 4) is 0 Å². The highest BCUT2D eigenvalue weighted by Crippen LogP contribution is 2.38. The first-order chi connectivity index (χ1) is 4.86. The van der Waals surface area contributed by atoms with Crippen LogP contribution in [0.1, 0.15) is 24.5 Å². The van der Waals surface area contributed by atoms with Gasteiger partial charge in [-0.2, -0.15) is 0 Å². The second-order valence-corrected chi connectivity index (χ2v) is 2.76. The molecule has 0 radical (unpaired) electrons. The van der Waals surface area contributed by atoms with Crippen LogP contribution in [-0.4, -0.2) is 4.98 Å². The topological polar surface area (TPSA) is 38.9 Å². The number of hydrogen-bond donors (Lipinski definition) is 1. The normalized spacial score (nSPS) is 17.2. The first-order valence-electron chi connectivity index (χ1n) is 3.59. The maximum Gasteiger partial charge on any atom is 0.123 e. The van der Waals surface area contributed by atoms with Crippen molar-refractivity contribution >= 4 is 5.82 Å². The van der Waals surface area contributed by atoms with E-state index in [1.165, 1.54) is 18.5 Å². The van der Waals surface area contributed by atoms with Crippen molar-refractivity contribution in [2.45, 2.75) is 18.8 Å². The first kappa shape index (κ1) is 5.71. The van der Waals surface area contributed by atoms with Crippen LogP contribution in [0, 0.1) is 0 Å². The van der Waals surface area contributed by atoms with E-state index < -0.39 is 0 Å². The summed E-state index contributed by atoms with van der Waals surface area (Å²) in [6, 6.07) is 5.84. The summed E-state index contributed by atoms with van der Waals surface area (Å²) in [5, 5.41) is 0. The van der Waals surface area contributed by atoms with E-state index >= 15 is 0 Å².